The van der Waals surface area contributed by atoms with E-state index >= 15 is 0 Å². The average Bonchev–Trinajstić information content (AvgIpc) is 2.81. The molecule has 0 aromatic heterocycles. The number of ketones is 1. The highest BCUT2D eigenvalue weighted by molar-refractivity contribution is 9.10. The average molecular weight is 408 g/mol. The Bertz CT molecular complexity index is 758. The Balaban J connectivity index is 1.86. The Morgan fingerprint density at radius 1 is 1.17 bits per heavy atom. The number of halogens is 2. The van der Waals surface area contributed by atoms with Gasteiger partial charge in [0.2, 0.25) is 0 Å². The van der Waals surface area contributed by atoms with Gasteiger partial charge in [-0.3, -0.25) is 9.79 Å². The molecule has 0 saturated carbocycles. The lowest BCUT2D eigenvalue weighted by Crippen LogP contribution is -2.34. The molecule has 0 amide bonds. The van der Waals surface area contributed by atoms with Crippen LogP contribution in [0.5, 0.6) is 0 Å². The minimum absolute atomic E-state index is 0.0142. The van der Waals surface area contributed by atoms with Crippen molar-refractivity contribution in [3.63, 3.8) is 0 Å². The van der Waals surface area contributed by atoms with Crippen molar-refractivity contribution in [2.45, 2.75) is 49.7 Å². The quantitative estimate of drug-likeness (QED) is 0.621. The second-order valence-electron chi connectivity index (χ2n) is 6.64. The van der Waals surface area contributed by atoms with Crippen molar-refractivity contribution < 1.29 is 9.18 Å². The number of Topliss-reactive ketones (excluding diaryl/α,β-unsaturated/α-hetero) is 1. The van der Waals surface area contributed by atoms with E-state index in [0.717, 1.165) is 41.8 Å². The second-order valence-corrected chi connectivity index (χ2v) is 8.74. The van der Waals surface area contributed by atoms with Gasteiger partial charge in [0, 0.05) is 29.3 Å². The zero-order valence-electron chi connectivity index (χ0n) is 13.4. The summed E-state index contributed by atoms with van der Waals surface area (Å²) in [7, 11) is 0. The summed E-state index contributed by atoms with van der Waals surface area (Å²) in [5.41, 5.74) is 4.14. The first-order valence-electron chi connectivity index (χ1n) is 8.55. The van der Waals surface area contributed by atoms with Gasteiger partial charge in [-0.05, 0) is 71.5 Å². The molecule has 1 aromatic rings. The minimum Gasteiger partial charge on any atom is -0.294 e. The zero-order valence-corrected chi connectivity index (χ0v) is 15.8. The Kier molecular flexibility index (Phi) is 4.65. The maximum Gasteiger partial charge on any atom is 0.161 e. The first kappa shape index (κ1) is 16.5. The van der Waals surface area contributed by atoms with Crippen molar-refractivity contribution in [3.8, 4) is 0 Å². The van der Waals surface area contributed by atoms with Crippen LogP contribution in [0.15, 0.2) is 38.9 Å². The summed E-state index contributed by atoms with van der Waals surface area (Å²) >= 11 is 5.22. The van der Waals surface area contributed by atoms with E-state index in [1.54, 1.807) is 0 Å². The summed E-state index contributed by atoms with van der Waals surface area (Å²) in [5, 5.41) is 0.214. The second kappa shape index (κ2) is 6.75. The van der Waals surface area contributed by atoms with Gasteiger partial charge in [-0.15, -0.1) is 0 Å². The van der Waals surface area contributed by atoms with Crippen molar-refractivity contribution in [1.82, 2.24) is 0 Å². The normalized spacial score (nSPS) is 27.2. The molecule has 2 unspecified atom stereocenters. The zero-order chi connectivity index (χ0) is 16.7. The predicted octanol–water partition coefficient (Wildman–Crippen LogP) is 5.42. The standard InChI is InChI=1S/C19H19BrFNOS/c20-12-10-11(7-8-13(12)21)17-18-14(5-3-6-16(18)23)22-15-4-1-2-9-24-19(15)17/h7-8,10,17,19H,1-6,9H2. The third-order valence-corrected chi connectivity index (χ3v) is 7.11. The van der Waals surface area contributed by atoms with E-state index in [2.05, 4.69) is 15.9 Å². The highest BCUT2D eigenvalue weighted by Crippen LogP contribution is 2.46. The van der Waals surface area contributed by atoms with Crippen molar-refractivity contribution >= 4 is 39.2 Å². The van der Waals surface area contributed by atoms with Crippen LogP contribution >= 0.6 is 27.7 Å². The lowest BCUT2D eigenvalue weighted by Gasteiger charge is -2.35. The van der Waals surface area contributed by atoms with Crippen LogP contribution in [0.25, 0.3) is 0 Å². The number of fused-ring (bicyclic) bond motifs is 1. The summed E-state index contributed by atoms with van der Waals surface area (Å²) in [6.45, 7) is 0. The van der Waals surface area contributed by atoms with E-state index in [9.17, 15) is 9.18 Å². The smallest absolute Gasteiger partial charge is 0.161 e. The SMILES string of the molecule is O=C1CCCC2=C1C(c1ccc(F)c(Br)c1)C1SCCCCC1=N2. The summed E-state index contributed by atoms with van der Waals surface area (Å²) in [6.07, 6.45) is 5.77. The maximum atomic E-state index is 13.7. The predicted molar refractivity (Wildman–Crippen MR) is 100 cm³/mol. The summed E-state index contributed by atoms with van der Waals surface area (Å²) in [4.78, 5) is 17.6. The van der Waals surface area contributed by atoms with E-state index in [0.29, 0.717) is 10.9 Å². The molecule has 2 aliphatic heterocycles. The number of thioether (sulfide) groups is 1. The summed E-state index contributed by atoms with van der Waals surface area (Å²) < 4.78 is 14.2. The number of hydrogen-bond acceptors (Lipinski definition) is 3. The topological polar surface area (TPSA) is 29.4 Å². The van der Waals surface area contributed by atoms with Crippen molar-refractivity contribution in [2.75, 3.05) is 5.75 Å². The van der Waals surface area contributed by atoms with Gasteiger partial charge < -0.3 is 0 Å². The summed E-state index contributed by atoms with van der Waals surface area (Å²) in [5.74, 6) is 1.08. The van der Waals surface area contributed by atoms with Crippen LogP contribution in [-0.4, -0.2) is 22.5 Å². The minimum atomic E-state index is -0.263. The Morgan fingerprint density at radius 3 is 2.88 bits per heavy atom. The molecule has 2 nitrogen and oxygen atoms in total. The van der Waals surface area contributed by atoms with Crippen LogP contribution < -0.4 is 0 Å². The van der Waals surface area contributed by atoms with Gasteiger partial charge in [-0.2, -0.15) is 11.8 Å². The largest absolute Gasteiger partial charge is 0.294 e. The third kappa shape index (κ3) is 2.90. The van der Waals surface area contributed by atoms with Gasteiger partial charge in [0.25, 0.3) is 0 Å². The number of carbonyl (C=O) groups excluding carboxylic acids is 1. The van der Waals surface area contributed by atoms with Crippen molar-refractivity contribution in [3.05, 3.63) is 45.3 Å². The molecule has 24 heavy (non-hydrogen) atoms. The number of rotatable bonds is 1. The van der Waals surface area contributed by atoms with Crippen LogP contribution in [-0.2, 0) is 4.79 Å². The molecule has 1 aromatic carbocycles. The van der Waals surface area contributed by atoms with Crippen LogP contribution in [0.2, 0.25) is 0 Å². The molecule has 1 saturated heterocycles. The van der Waals surface area contributed by atoms with Crippen LogP contribution in [0.3, 0.4) is 0 Å². The third-order valence-electron chi connectivity index (χ3n) is 5.08. The van der Waals surface area contributed by atoms with E-state index in [1.165, 1.54) is 24.6 Å². The lowest BCUT2D eigenvalue weighted by molar-refractivity contribution is -0.116. The van der Waals surface area contributed by atoms with E-state index in [1.807, 2.05) is 23.9 Å². The van der Waals surface area contributed by atoms with Gasteiger partial charge in [0.1, 0.15) is 5.82 Å². The van der Waals surface area contributed by atoms with E-state index < -0.39 is 0 Å². The molecule has 126 valence electrons. The fourth-order valence-electron chi connectivity index (χ4n) is 3.95. The molecule has 1 fully saturated rings. The van der Waals surface area contributed by atoms with E-state index in [4.69, 9.17) is 4.99 Å². The summed E-state index contributed by atoms with van der Waals surface area (Å²) in [6, 6.07) is 5.19. The molecule has 2 atom stereocenters. The molecule has 0 radical (unpaired) electrons. The Morgan fingerprint density at radius 2 is 2.04 bits per heavy atom. The molecule has 2 heterocycles. The molecular formula is C19H19BrFNOS. The fourth-order valence-corrected chi connectivity index (χ4v) is 5.82. The van der Waals surface area contributed by atoms with Gasteiger partial charge in [0.15, 0.2) is 5.78 Å². The Hall–Kier alpha value is -0.940. The molecule has 4 rings (SSSR count). The number of nitrogens with zero attached hydrogens (tertiary/aromatic N) is 1. The Labute approximate surface area is 154 Å². The van der Waals surface area contributed by atoms with Gasteiger partial charge in [-0.1, -0.05) is 6.07 Å². The first-order valence-corrected chi connectivity index (χ1v) is 10.4. The molecule has 0 N–H and O–H groups in total. The molecule has 0 bridgehead atoms. The molecule has 0 spiro atoms. The number of carbonyl (C=O) groups is 1. The number of benzene rings is 1. The fraction of sp³-hybridized carbons (Fsp3) is 0.474. The lowest BCUT2D eigenvalue weighted by atomic mass is 9.77. The molecule has 1 aliphatic carbocycles. The van der Waals surface area contributed by atoms with Crippen molar-refractivity contribution in [1.29, 1.82) is 0 Å². The highest BCUT2D eigenvalue weighted by Gasteiger charge is 2.40. The van der Waals surface area contributed by atoms with Gasteiger partial charge >= 0.3 is 0 Å². The van der Waals surface area contributed by atoms with Crippen LogP contribution in [0.1, 0.15) is 50.0 Å². The molecule has 3 aliphatic rings. The first-order chi connectivity index (χ1) is 11.6. The monoisotopic (exact) mass is 407 g/mol. The number of aliphatic imine (C=N–C) groups is 1. The van der Waals surface area contributed by atoms with Gasteiger partial charge in [0.05, 0.1) is 9.72 Å². The van der Waals surface area contributed by atoms with Crippen LogP contribution in [0.4, 0.5) is 4.39 Å². The number of hydrogen-bond donors (Lipinski definition) is 0. The van der Waals surface area contributed by atoms with Gasteiger partial charge in [-0.25, -0.2) is 4.39 Å². The van der Waals surface area contributed by atoms with Crippen LogP contribution in [0, 0.1) is 5.82 Å². The van der Waals surface area contributed by atoms with Crippen molar-refractivity contribution in [2.24, 2.45) is 4.99 Å². The molecule has 5 heteroatoms. The maximum absolute atomic E-state index is 13.7. The highest BCUT2D eigenvalue weighted by atomic mass is 79.9. The molecular weight excluding hydrogens is 389 g/mol. The number of allylic oxidation sites excluding steroid dienone is 2. The van der Waals surface area contributed by atoms with E-state index in [-0.39, 0.29) is 22.8 Å².